The summed E-state index contributed by atoms with van der Waals surface area (Å²) in [6, 6.07) is 10.9. The molecule has 2 aromatic carbocycles. The van der Waals surface area contributed by atoms with Gasteiger partial charge in [-0.3, -0.25) is 14.8 Å². The van der Waals surface area contributed by atoms with Gasteiger partial charge in [0.25, 0.3) is 5.91 Å². The molecule has 2 unspecified atom stereocenters. The molecule has 1 fully saturated rings. The molecular weight excluding hydrogens is 349 g/mol. The molecule has 138 valence electrons. The van der Waals surface area contributed by atoms with Gasteiger partial charge in [-0.1, -0.05) is 12.1 Å². The fourth-order valence-corrected chi connectivity index (χ4v) is 3.13. The third-order valence-corrected chi connectivity index (χ3v) is 4.44. The van der Waals surface area contributed by atoms with E-state index in [-0.39, 0.29) is 23.9 Å². The number of nitrogens with one attached hydrogen (secondary N) is 1. The predicted octanol–water partition coefficient (Wildman–Crippen LogP) is 2.74. The van der Waals surface area contributed by atoms with Crippen LogP contribution < -0.4 is 10.1 Å². The number of benzene rings is 2. The van der Waals surface area contributed by atoms with Crippen LogP contribution in [0, 0.1) is 5.82 Å². The second-order valence-corrected chi connectivity index (χ2v) is 6.29. The molecule has 7 heteroatoms. The Morgan fingerprint density at radius 2 is 2.04 bits per heavy atom. The van der Waals surface area contributed by atoms with Gasteiger partial charge in [0.15, 0.2) is 0 Å². The first kappa shape index (κ1) is 17.4. The molecule has 1 aliphatic rings. The highest BCUT2D eigenvalue weighted by molar-refractivity contribution is 6.04. The molecule has 1 aliphatic heterocycles. The number of hydrogen-bond acceptors (Lipinski definition) is 5. The van der Waals surface area contributed by atoms with E-state index in [1.807, 2.05) is 0 Å². The van der Waals surface area contributed by atoms with Crippen LogP contribution in [0.2, 0.25) is 0 Å². The molecule has 0 radical (unpaired) electrons. The molecule has 3 aromatic rings. The van der Waals surface area contributed by atoms with Crippen LogP contribution >= 0.6 is 0 Å². The first-order chi connectivity index (χ1) is 13.2. The highest BCUT2D eigenvalue weighted by Gasteiger charge is 2.30. The Labute approximate surface area is 155 Å². The van der Waals surface area contributed by atoms with E-state index < -0.39 is 0 Å². The van der Waals surface area contributed by atoms with Gasteiger partial charge in [0.2, 0.25) is 0 Å². The smallest absolute Gasteiger partial charge is 0.253 e. The highest BCUT2D eigenvalue weighted by atomic mass is 19.1. The standard InChI is InChI=1S/C20H18FN3O3/c21-13-3-1-4-14(11-13)27-18-7-10-26-12-17(18)24-20(25)15-5-2-6-16-19(15)23-9-8-22-16/h1-6,8-9,11,17-18H,7,10,12H2,(H,24,25). The molecule has 2 atom stereocenters. The normalized spacial score (nSPS) is 19.6. The zero-order valence-electron chi connectivity index (χ0n) is 14.5. The van der Waals surface area contributed by atoms with Crippen molar-refractivity contribution in [2.75, 3.05) is 13.2 Å². The number of carbonyl (C=O) groups is 1. The Morgan fingerprint density at radius 1 is 1.19 bits per heavy atom. The maximum atomic E-state index is 13.4. The number of aromatic nitrogens is 2. The van der Waals surface area contributed by atoms with Crippen molar-refractivity contribution >= 4 is 16.9 Å². The van der Waals surface area contributed by atoms with Crippen LogP contribution in [0.4, 0.5) is 4.39 Å². The lowest BCUT2D eigenvalue weighted by Crippen LogP contribution is -2.51. The van der Waals surface area contributed by atoms with Crippen LogP contribution in [0.1, 0.15) is 16.8 Å². The first-order valence-electron chi connectivity index (χ1n) is 8.71. The van der Waals surface area contributed by atoms with Crippen molar-refractivity contribution in [2.45, 2.75) is 18.6 Å². The SMILES string of the molecule is O=C(NC1COCCC1Oc1cccc(F)c1)c1cccc2nccnc12. The number of carbonyl (C=O) groups excluding carboxylic acids is 1. The fraction of sp³-hybridized carbons (Fsp3) is 0.250. The van der Waals surface area contributed by atoms with Gasteiger partial charge in [0, 0.05) is 24.9 Å². The van der Waals surface area contributed by atoms with E-state index in [2.05, 4.69) is 15.3 Å². The Kier molecular flexibility index (Phi) is 4.93. The first-order valence-corrected chi connectivity index (χ1v) is 8.71. The van der Waals surface area contributed by atoms with E-state index >= 15 is 0 Å². The average molecular weight is 367 g/mol. The highest BCUT2D eigenvalue weighted by Crippen LogP contribution is 2.20. The Bertz CT molecular complexity index is 961. The quantitative estimate of drug-likeness (QED) is 0.768. The minimum atomic E-state index is -0.366. The lowest BCUT2D eigenvalue weighted by Gasteiger charge is -2.32. The van der Waals surface area contributed by atoms with E-state index in [0.29, 0.717) is 42.0 Å². The van der Waals surface area contributed by atoms with Gasteiger partial charge in [-0.25, -0.2) is 4.39 Å². The third-order valence-electron chi connectivity index (χ3n) is 4.44. The fourth-order valence-electron chi connectivity index (χ4n) is 3.13. The summed E-state index contributed by atoms with van der Waals surface area (Å²) in [6.45, 7) is 0.842. The number of halogens is 1. The van der Waals surface area contributed by atoms with E-state index in [4.69, 9.17) is 9.47 Å². The monoisotopic (exact) mass is 367 g/mol. The van der Waals surface area contributed by atoms with E-state index in [1.165, 1.54) is 12.1 Å². The summed E-state index contributed by atoms with van der Waals surface area (Å²) in [5.41, 5.74) is 1.63. The topological polar surface area (TPSA) is 73.3 Å². The molecular formula is C20H18FN3O3. The van der Waals surface area contributed by atoms with Gasteiger partial charge in [-0.15, -0.1) is 0 Å². The number of rotatable bonds is 4. The maximum absolute atomic E-state index is 13.4. The summed E-state index contributed by atoms with van der Waals surface area (Å²) in [5, 5.41) is 2.96. The van der Waals surface area contributed by atoms with Crippen molar-refractivity contribution in [1.29, 1.82) is 0 Å². The lowest BCUT2D eigenvalue weighted by molar-refractivity contribution is -0.00295. The summed E-state index contributed by atoms with van der Waals surface area (Å²) >= 11 is 0. The summed E-state index contributed by atoms with van der Waals surface area (Å²) in [6.07, 6.45) is 3.42. The van der Waals surface area contributed by atoms with E-state index in [0.717, 1.165) is 0 Å². The van der Waals surface area contributed by atoms with Gasteiger partial charge < -0.3 is 14.8 Å². The number of fused-ring (bicyclic) bond motifs is 1. The summed E-state index contributed by atoms with van der Waals surface area (Å²) in [4.78, 5) is 21.3. The van der Waals surface area contributed by atoms with E-state index in [1.54, 1.807) is 42.7 Å². The van der Waals surface area contributed by atoms with Gasteiger partial charge in [-0.05, 0) is 24.3 Å². The third kappa shape index (κ3) is 3.88. The zero-order chi connectivity index (χ0) is 18.6. The van der Waals surface area contributed by atoms with Crippen LogP contribution in [0.5, 0.6) is 5.75 Å². The van der Waals surface area contributed by atoms with Crippen molar-refractivity contribution in [3.8, 4) is 5.75 Å². The number of nitrogens with zero attached hydrogens (tertiary/aromatic N) is 2. The molecule has 0 aliphatic carbocycles. The molecule has 0 spiro atoms. The Morgan fingerprint density at radius 3 is 2.93 bits per heavy atom. The molecule has 4 rings (SSSR count). The zero-order valence-corrected chi connectivity index (χ0v) is 14.5. The van der Waals surface area contributed by atoms with Gasteiger partial charge in [0.1, 0.15) is 23.2 Å². The number of para-hydroxylation sites is 1. The van der Waals surface area contributed by atoms with Gasteiger partial charge in [-0.2, -0.15) is 0 Å². The second kappa shape index (κ2) is 7.67. The molecule has 2 heterocycles. The van der Waals surface area contributed by atoms with Crippen LogP contribution in [0.15, 0.2) is 54.9 Å². The van der Waals surface area contributed by atoms with Crippen molar-refractivity contribution in [3.63, 3.8) is 0 Å². The van der Waals surface area contributed by atoms with Gasteiger partial charge >= 0.3 is 0 Å². The van der Waals surface area contributed by atoms with Crippen LogP contribution in [-0.2, 0) is 4.74 Å². The van der Waals surface area contributed by atoms with Crippen molar-refractivity contribution in [2.24, 2.45) is 0 Å². The summed E-state index contributed by atoms with van der Waals surface area (Å²) < 4.78 is 24.8. The van der Waals surface area contributed by atoms with E-state index in [9.17, 15) is 9.18 Å². The van der Waals surface area contributed by atoms with Crippen molar-refractivity contribution < 1.29 is 18.7 Å². The predicted molar refractivity (Wildman–Crippen MR) is 97.0 cm³/mol. The summed E-state index contributed by atoms with van der Waals surface area (Å²) in [7, 11) is 0. The molecule has 27 heavy (non-hydrogen) atoms. The second-order valence-electron chi connectivity index (χ2n) is 6.29. The lowest BCUT2D eigenvalue weighted by atomic mass is 10.0. The van der Waals surface area contributed by atoms with Gasteiger partial charge in [0.05, 0.1) is 30.3 Å². The molecule has 6 nitrogen and oxygen atoms in total. The van der Waals surface area contributed by atoms with Crippen molar-refractivity contribution in [3.05, 3.63) is 66.2 Å². The molecule has 1 saturated heterocycles. The Hall–Kier alpha value is -3.06. The largest absolute Gasteiger partial charge is 0.488 e. The summed E-state index contributed by atoms with van der Waals surface area (Å²) in [5.74, 6) is -0.212. The number of ether oxygens (including phenoxy) is 2. The Balaban J connectivity index is 1.53. The molecule has 0 bridgehead atoms. The minimum Gasteiger partial charge on any atom is -0.488 e. The average Bonchev–Trinajstić information content (AvgIpc) is 2.69. The molecule has 1 amide bonds. The van der Waals surface area contributed by atoms with Crippen LogP contribution in [0.3, 0.4) is 0 Å². The maximum Gasteiger partial charge on any atom is 0.253 e. The van der Waals surface area contributed by atoms with Crippen molar-refractivity contribution in [1.82, 2.24) is 15.3 Å². The number of hydrogen-bond donors (Lipinski definition) is 1. The van der Waals surface area contributed by atoms with Crippen LogP contribution in [-0.4, -0.2) is 41.2 Å². The minimum absolute atomic E-state index is 0.274. The van der Waals surface area contributed by atoms with Crippen LogP contribution in [0.25, 0.3) is 11.0 Å². The number of amides is 1. The molecule has 1 N–H and O–H groups in total. The molecule has 1 aromatic heterocycles. The molecule has 0 saturated carbocycles.